The van der Waals surface area contributed by atoms with Gasteiger partial charge in [-0.3, -0.25) is 0 Å². The third-order valence-corrected chi connectivity index (χ3v) is 10.4. The molecule has 0 radical (unpaired) electrons. The predicted molar refractivity (Wildman–Crippen MR) is 196 cm³/mol. The SMILES string of the molecule is Cc1ccc2ccccc2c1Sc1c(OP(Oc2ccccc2C(C)(C)C)Oc2ccccc2C(C)(C)C)ccc2ccccc12. The van der Waals surface area contributed by atoms with Crippen LogP contribution in [0.1, 0.15) is 58.2 Å². The number of rotatable bonds is 8. The highest BCUT2D eigenvalue weighted by Gasteiger charge is 2.29. The monoisotopic (exact) mass is 644 g/mol. The molecule has 0 aromatic heterocycles. The van der Waals surface area contributed by atoms with Gasteiger partial charge in [0, 0.05) is 16.0 Å². The Kier molecular flexibility index (Phi) is 9.06. The van der Waals surface area contributed by atoms with Crippen molar-refractivity contribution >= 4 is 41.9 Å². The predicted octanol–water partition coefficient (Wildman–Crippen LogP) is 12.8. The Morgan fingerprint density at radius 3 is 1.43 bits per heavy atom. The summed E-state index contributed by atoms with van der Waals surface area (Å²) in [5.41, 5.74) is 3.15. The fourth-order valence-corrected chi connectivity index (χ4v) is 7.98. The van der Waals surface area contributed by atoms with Crippen LogP contribution in [-0.2, 0) is 10.8 Å². The van der Waals surface area contributed by atoms with Gasteiger partial charge in [-0.25, -0.2) is 0 Å². The Hall–Kier alpha value is -3.98. The van der Waals surface area contributed by atoms with Crippen molar-refractivity contribution in [3.05, 3.63) is 138 Å². The fourth-order valence-electron chi connectivity index (χ4n) is 5.62. The van der Waals surface area contributed by atoms with E-state index in [1.165, 1.54) is 21.2 Å². The maximum absolute atomic E-state index is 6.92. The molecular formula is C41H41O3PS. The van der Waals surface area contributed by atoms with E-state index in [1.807, 2.05) is 24.3 Å². The van der Waals surface area contributed by atoms with Crippen LogP contribution in [0.3, 0.4) is 0 Å². The van der Waals surface area contributed by atoms with E-state index in [0.717, 1.165) is 44.0 Å². The van der Waals surface area contributed by atoms with Crippen molar-refractivity contribution in [1.29, 1.82) is 0 Å². The normalized spacial score (nSPS) is 12.1. The lowest BCUT2D eigenvalue weighted by atomic mass is 9.86. The Morgan fingerprint density at radius 2 is 0.891 bits per heavy atom. The zero-order valence-electron chi connectivity index (χ0n) is 27.6. The minimum Gasteiger partial charge on any atom is -0.408 e. The van der Waals surface area contributed by atoms with Gasteiger partial charge >= 0.3 is 8.60 Å². The molecule has 46 heavy (non-hydrogen) atoms. The molecule has 5 heteroatoms. The van der Waals surface area contributed by atoms with E-state index in [0.29, 0.717) is 0 Å². The maximum atomic E-state index is 6.92. The average molecular weight is 645 g/mol. The first-order chi connectivity index (χ1) is 22.0. The molecule has 6 aromatic carbocycles. The van der Waals surface area contributed by atoms with Crippen LogP contribution in [0, 0.1) is 6.92 Å². The van der Waals surface area contributed by atoms with Crippen molar-refractivity contribution in [3.8, 4) is 17.2 Å². The van der Waals surface area contributed by atoms with Gasteiger partial charge in [0.15, 0.2) is 0 Å². The molecule has 6 rings (SSSR count). The van der Waals surface area contributed by atoms with Crippen molar-refractivity contribution in [2.45, 2.75) is 69.1 Å². The van der Waals surface area contributed by atoms with Crippen LogP contribution in [0.25, 0.3) is 21.5 Å². The van der Waals surface area contributed by atoms with E-state index in [1.54, 1.807) is 11.8 Å². The summed E-state index contributed by atoms with van der Waals surface area (Å²) < 4.78 is 20.5. The highest BCUT2D eigenvalue weighted by molar-refractivity contribution is 8.00. The molecule has 6 aromatic rings. The molecule has 3 nitrogen and oxygen atoms in total. The quantitative estimate of drug-likeness (QED) is 0.154. The Labute approximate surface area is 278 Å². The summed E-state index contributed by atoms with van der Waals surface area (Å²) >= 11 is 1.74. The Balaban J connectivity index is 1.48. The number of benzene rings is 6. The maximum Gasteiger partial charge on any atom is 0.530 e. The second-order valence-corrected chi connectivity index (χ2v) is 15.7. The van der Waals surface area contributed by atoms with Crippen LogP contribution >= 0.6 is 20.4 Å². The van der Waals surface area contributed by atoms with E-state index in [9.17, 15) is 0 Å². The van der Waals surface area contributed by atoms with Crippen LogP contribution in [0.15, 0.2) is 131 Å². The molecule has 0 unspecified atom stereocenters. The molecule has 0 aliphatic carbocycles. The molecule has 0 bridgehead atoms. The Morgan fingerprint density at radius 1 is 0.457 bits per heavy atom. The van der Waals surface area contributed by atoms with E-state index >= 15 is 0 Å². The highest BCUT2D eigenvalue weighted by atomic mass is 32.2. The third kappa shape index (κ3) is 6.89. The van der Waals surface area contributed by atoms with Crippen LogP contribution < -0.4 is 13.6 Å². The molecule has 0 saturated carbocycles. The summed E-state index contributed by atoms with van der Waals surface area (Å²) in [6.07, 6.45) is 0. The molecule has 0 aliphatic rings. The first-order valence-corrected chi connectivity index (χ1v) is 17.6. The van der Waals surface area contributed by atoms with Gasteiger partial charge < -0.3 is 13.6 Å². The minimum absolute atomic E-state index is 0.128. The van der Waals surface area contributed by atoms with Crippen LogP contribution in [0.2, 0.25) is 0 Å². The van der Waals surface area contributed by atoms with Crippen molar-refractivity contribution < 1.29 is 13.6 Å². The van der Waals surface area contributed by atoms with Crippen LogP contribution in [-0.4, -0.2) is 0 Å². The molecule has 0 heterocycles. The van der Waals surface area contributed by atoms with Crippen molar-refractivity contribution in [3.63, 3.8) is 0 Å². The van der Waals surface area contributed by atoms with Crippen molar-refractivity contribution in [2.75, 3.05) is 0 Å². The second kappa shape index (κ2) is 13.0. The van der Waals surface area contributed by atoms with E-state index in [4.69, 9.17) is 13.6 Å². The molecule has 0 N–H and O–H groups in total. The lowest BCUT2D eigenvalue weighted by Crippen LogP contribution is -2.15. The first-order valence-electron chi connectivity index (χ1n) is 15.7. The zero-order valence-corrected chi connectivity index (χ0v) is 29.3. The number of hydrogen-bond acceptors (Lipinski definition) is 4. The molecule has 0 fully saturated rings. The van der Waals surface area contributed by atoms with Gasteiger partial charge in [0.25, 0.3) is 0 Å². The number of para-hydroxylation sites is 2. The number of aryl methyl sites for hydroxylation is 1. The van der Waals surface area contributed by atoms with Gasteiger partial charge in [0.1, 0.15) is 17.2 Å². The summed E-state index contributed by atoms with van der Waals surface area (Å²) in [6, 6.07) is 41.9. The van der Waals surface area contributed by atoms with Gasteiger partial charge in [-0.1, -0.05) is 156 Å². The second-order valence-electron chi connectivity index (χ2n) is 13.6. The fraction of sp³-hybridized carbons (Fsp3) is 0.220. The molecule has 0 aliphatic heterocycles. The van der Waals surface area contributed by atoms with Gasteiger partial charge in [-0.2, -0.15) is 0 Å². The molecule has 234 valence electrons. The van der Waals surface area contributed by atoms with Crippen LogP contribution in [0.5, 0.6) is 17.2 Å². The summed E-state index contributed by atoms with van der Waals surface area (Å²) in [6.45, 7) is 15.3. The summed E-state index contributed by atoms with van der Waals surface area (Å²) in [4.78, 5) is 2.24. The summed E-state index contributed by atoms with van der Waals surface area (Å²) in [7, 11) is -1.92. The van der Waals surface area contributed by atoms with E-state index in [-0.39, 0.29) is 10.8 Å². The van der Waals surface area contributed by atoms with Gasteiger partial charge in [0.2, 0.25) is 0 Å². The number of fused-ring (bicyclic) bond motifs is 2. The van der Waals surface area contributed by atoms with Gasteiger partial charge in [-0.05, 0) is 63.1 Å². The molecule has 0 spiro atoms. The third-order valence-electron chi connectivity index (χ3n) is 8.03. The molecular weight excluding hydrogens is 603 g/mol. The lowest BCUT2D eigenvalue weighted by Gasteiger charge is -2.27. The van der Waals surface area contributed by atoms with Gasteiger partial charge in [-0.15, -0.1) is 0 Å². The molecule has 0 saturated heterocycles. The highest BCUT2D eigenvalue weighted by Crippen LogP contribution is 2.51. The smallest absolute Gasteiger partial charge is 0.408 e. The lowest BCUT2D eigenvalue weighted by molar-refractivity contribution is 0.374. The zero-order chi connectivity index (χ0) is 32.5. The van der Waals surface area contributed by atoms with E-state index in [2.05, 4.69) is 146 Å². The summed E-state index contributed by atoms with van der Waals surface area (Å²) in [5, 5.41) is 4.71. The van der Waals surface area contributed by atoms with Gasteiger partial charge in [0.05, 0.1) is 4.90 Å². The number of hydrogen-bond donors (Lipinski definition) is 0. The minimum atomic E-state index is -1.92. The topological polar surface area (TPSA) is 27.7 Å². The molecule has 0 atom stereocenters. The van der Waals surface area contributed by atoms with Crippen molar-refractivity contribution in [2.24, 2.45) is 0 Å². The first kappa shape index (κ1) is 32.0. The average Bonchev–Trinajstić information content (AvgIpc) is 3.02. The molecule has 0 amide bonds. The van der Waals surface area contributed by atoms with Crippen LogP contribution in [0.4, 0.5) is 0 Å². The largest absolute Gasteiger partial charge is 0.530 e. The standard InChI is InChI=1S/C41H41O3PS/c1-28-24-25-29-16-8-10-18-31(29)38(28)46-39-32-19-11-9-17-30(32)26-27-37(39)44-45(42-35-22-14-12-20-33(35)40(2,3)4)43-36-23-15-13-21-34(36)41(5,6)7/h8-27H,1-7H3. The van der Waals surface area contributed by atoms with Crippen molar-refractivity contribution in [1.82, 2.24) is 0 Å². The Bertz CT molecular complexity index is 1940. The summed E-state index contributed by atoms with van der Waals surface area (Å²) in [5.74, 6) is 2.24. The van der Waals surface area contributed by atoms with E-state index < -0.39 is 8.60 Å².